The third kappa shape index (κ3) is 4.32. The third-order valence-corrected chi connectivity index (χ3v) is 5.43. The quantitative estimate of drug-likeness (QED) is 0.438. The van der Waals surface area contributed by atoms with Crippen LogP contribution in [-0.2, 0) is 0 Å². The van der Waals surface area contributed by atoms with E-state index in [1.165, 1.54) is 0 Å². The Labute approximate surface area is 191 Å². The van der Waals surface area contributed by atoms with E-state index in [0.29, 0.717) is 39.6 Å². The van der Waals surface area contributed by atoms with E-state index < -0.39 is 0 Å². The van der Waals surface area contributed by atoms with Crippen LogP contribution in [0.5, 0.6) is 17.2 Å². The number of rotatable bonds is 7. The van der Waals surface area contributed by atoms with Crippen LogP contribution in [-0.4, -0.2) is 37.4 Å². The van der Waals surface area contributed by atoms with Crippen molar-refractivity contribution in [1.82, 2.24) is 15.5 Å². The molecular weight excluding hydrogens is 422 g/mol. The number of amides is 1. The summed E-state index contributed by atoms with van der Waals surface area (Å²) in [6.07, 6.45) is 0. The van der Waals surface area contributed by atoms with Gasteiger partial charge in [0.05, 0.1) is 38.3 Å². The number of aromatic nitrogens is 2. The van der Waals surface area contributed by atoms with E-state index in [1.54, 1.807) is 34.3 Å². The average molecular weight is 447 g/mol. The summed E-state index contributed by atoms with van der Waals surface area (Å²) in [4.78, 5) is 17.8. The highest BCUT2D eigenvalue weighted by atomic mass is 16.5. The van der Waals surface area contributed by atoms with E-state index >= 15 is 0 Å². The molecule has 2 aromatic carbocycles. The zero-order chi connectivity index (χ0) is 23.5. The van der Waals surface area contributed by atoms with Gasteiger partial charge in [0.15, 0.2) is 0 Å². The SMILES string of the molecule is COc1ccc(-c2noc3nc(C)cc(C(=O)N[C@H](C)c4cc(OC)ccc4OC)c23)cc1. The van der Waals surface area contributed by atoms with Gasteiger partial charge >= 0.3 is 0 Å². The Balaban J connectivity index is 1.73. The Morgan fingerprint density at radius 1 is 0.970 bits per heavy atom. The fourth-order valence-corrected chi connectivity index (χ4v) is 3.73. The molecule has 0 fully saturated rings. The Kier molecular flexibility index (Phi) is 6.17. The van der Waals surface area contributed by atoms with Gasteiger partial charge in [0.25, 0.3) is 11.6 Å². The summed E-state index contributed by atoms with van der Waals surface area (Å²) in [7, 11) is 4.79. The molecule has 0 aliphatic heterocycles. The van der Waals surface area contributed by atoms with Crippen molar-refractivity contribution in [2.75, 3.05) is 21.3 Å². The molecule has 170 valence electrons. The highest BCUT2D eigenvalue weighted by Crippen LogP contribution is 2.33. The van der Waals surface area contributed by atoms with E-state index in [9.17, 15) is 4.79 Å². The third-order valence-electron chi connectivity index (χ3n) is 5.43. The second kappa shape index (κ2) is 9.20. The molecule has 2 heterocycles. The Morgan fingerprint density at radius 2 is 1.67 bits per heavy atom. The summed E-state index contributed by atoms with van der Waals surface area (Å²) >= 11 is 0. The lowest BCUT2D eigenvalue weighted by Gasteiger charge is -2.18. The van der Waals surface area contributed by atoms with Gasteiger partial charge in [-0.1, -0.05) is 5.16 Å². The van der Waals surface area contributed by atoms with Gasteiger partial charge in [0.2, 0.25) is 0 Å². The Hall–Kier alpha value is -4.07. The number of fused-ring (bicyclic) bond motifs is 1. The van der Waals surface area contributed by atoms with Crippen LogP contribution in [0.4, 0.5) is 0 Å². The number of ether oxygens (including phenoxy) is 3. The van der Waals surface area contributed by atoms with Crippen LogP contribution in [0.15, 0.2) is 53.1 Å². The molecule has 1 N–H and O–H groups in total. The summed E-state index contributed by atoms with van der Waals surface area (Å²) in [5.41, 5.74) is 3.51. The number of carbonyl (C=O) groups is 1. The van der Waals surface area contributed by atoms with Crippen LogP contribution in [0.3, 0.4) is 0 Å². The zero-order valence-corrected chi connectivity index (χ0v) is 19.1. The Bertz CT molecular complexity index is 1300. The number of methoxy groups -OCH3 is 3. The van der Waals surface area contributed by atoms with Crippen LogP contribution in [0.2, 0.25) is 0 Å². The number of nitrogens with zero attached hydrogens (tertiary/aromatic N) is 2. The number of hydrogen-bond acceptors (Lipinski definition) is 7. The van der Waals surface area contributed by atoms with Crippen molar-refractivity contribution in [3.63, 3.8) is 0 Å². The molecule has 0 bridgehead atoms. The first kappa shape index (κ1) is 22.1. The lowest BCUT2D eigenvalue weighted by Crippen LogP contribution is -2.27. The minimum Gasteiger partial charge on any atom is -0.497 e. The topological polar surface area (TPSA) is 95.7 Å². The largest absolute Gasteiger partial charge is 0.497 e. The van der Waals surface area contributed by atoms with Gasteiger partial charge < -0.3 is 24.1 Å². The molecule has 2 aromatic heterocycles. The molecule has 0 aliphatic rings. The second-order valence-electron chi connectivity index (χ2n) is 7.55. The van der Waals surface area contributed by atoms with Gasteiger partial charge in [-0.25, -0.2) is 4.98 Å². The fraction of sp³-hybridized carbons (Fsp3) is 0.240. The summed E-state index contributed by atoms with van der Waals surface area (Å²) in [6.45, 7) is 3.69. The lowest BCUT2D eigenvalue weighted by molar-refractivity contribution is 0.0941. The summed E-state index contributed by atoms with van der Waals surface area (Å²) < 4.78 is 21.5. The minimum absolute atomic E-state index is 0.277. The number of benzene rings is 2. The summed E-state index contributed by atoms with van der Waals surface area (Å²) in [5, 5.41) is 7.80. The molecule has 0 saturated carbocycles. The van der Waals surface area contributed by atoms with E-state index in [-0.39, 0.29) is 11.9 Å². The summed E-state index contributed by atoms with van der Waals surface area (Å²) in [6, 6.07) is 14.2. The van der Waals surface area contributed by atoms with Crippen molar-refractivity contribution < 1.29 is 23.5 Å². The molecule has 4 aromatic rings. The van der Waals surface area contributed by atoms with Crippen molar-refractivity contribution in [3.05, 3.63) is 65.4 Å². The molecule has 0 spiro atoms. The van der Waals surface area contributed by atoms with Crippen molar-refractivity contribution in [2.24, 2.45) is 0 Å². The minimum atomic E-state index is -0.352. The van der Waals surface area contributed by atoms with Gasteiger partial charge in [-0.3, -0.25) is 4.79 Å². The molecule has 0 unspecified atom stereocenters. The standard InChI is InChI=1S/C25H25N3O5/c1-14-12-20(24(29)27-15(2)19-13-18(31-4)10-11-21(19)32-5)22-23(28-33-25(22)26-14)16-6-8-17(30-3)9-7-16/h6-13,15H,1-5H3,(H,27,29)/t15-/m1/s1. The maximum absolute atomic E-state index is 13.4. The maximum atomic E-state index is 13.4. The molecule has 4 rings (SSSR count). The second-order valence-corrected chi connectivity index (χ2v) is 7.55. The first-order valence-corrected chi connectivity index (χ1v) is 10.4. The van der Waals surface area contributed by atoms with E-state index in [0.717, 1.165) is 16.9 Å². The van der Waals surface area contributed by atoms with Crippen molar-refractivity contribution in [3.8, 4) is 28.5 Å². The molecule has 0 radical (unpaired) electrons. The normalized spacial score (nSPS) is 11.8. The van der Waals surface area contributed by atoms with Crippen LogP contribution in [0, 0.1) is 6.92 Å². The van der Waals surface area contributed by atoms with E-state index in [4.69, 9.17) is 18.7 Å². The average Bonchev–Trinajstić information content (AvgIpc) is 3.26. The Morgan fingerprint density at radius 3 is 2.33 bits per heavy atom. The molecule has 1 amide bonds. The fourth-order valence-electron chi connectivity index (χ4n) is 3.73. The zero-order valence-electron chi connectivity index (χ0n) is 19.1. The molecule has 1 atom stereocenters. The molecule has 8 nitrogen and oxygen atoms in total. The summed E-state index contributed by atoms with van der Waals surface area (Å²) in [5.74, 6) is 1.78. The first-order chi connectivity index (χ1) is 15.9. The van der Waals surface area contributed by atoms with Crippen molar-refractivity contribution in [2.45, 2.75) is 19.9 Å². The molecule has 0 saturated heterocycles. The number of hydrogen-bond donors (Lipinski definition) is 1. The number of nitrogens with one attached hydrogen (secondary N) is 1. The van der Waals surface area contributed by atoms with Gasteiger partial charge in [0.1, 0.15) is 22.9 Å². The maximum Gasteiger partial charge on any atom is 0.259 e. The van der Waals surface area contributed by atoms with E-state index in [2.05, 4.69) is 15.5 Å². The molecule has 0 aliphatic carbocycles. The molecule has 8 heteroatoms. The highest BCUT2D eigenvalue weighted by Gasteiger charge is 2.23. The predicted molar refractivity (Wildman–Crippen MR) is 124 cm³/mol. The molecular formula is C25H25N3O5. The van der Waals surface area contributed by atoms with Gasteiger partial charge in [0, 0.05) is 16.8 Å². The first-order valence-electron chi connectivity index (χ1n) is 10.4. The number of carbonyl (C=O) groups excluding carboxylic acids is 1. The molecule has 33 heavy (non-hydrogen) atoms. The van der Waals surface area contributed by atoms with Gasteiger partial charge in [-0.05, 0) is 62.4 Å². The van der Waals surface area contributed by atoms with Gasteiger partial charge in [-0.15, -0.1) is 0 Å². The van der Waals surface area contributed by atoms with Gasteiger partial charge in [-0.2, -0.15) is 0 Å². The number of aryl methyl sites for hydroxylation is 1. The van der Waals surface area contributed by atoms with Crippen LogP contribution >= 0.6 is 0 Å². The lowest BCUT2D eigenvalue weighted by atomic mass is 10.0. The van der Waals surface area contributed by atoms with Crippen LogP contribution in [0.1, 0.15) is 34.6 Å². The van der Waals surface area contributed by atoms with Crippen molar-refractivity contribution in [1.29, 1.82) is 0 Å². The smallest absolute Gasteiger partial charge is 0.259 e. The number of pyridine rings is 1. The highest BCUT2D eigenvalue weighted by molar-refractivity contribution is 6.09. The predicted octanol–water partition coefficient (Wildman–Crippen LogP) is 4.72. The van der Waals surface area contributed by atoms with E-state index in [1.807, 2.05) is 49.4 Å². The van der Waals surface area contributed by atoms with Crippen molar-refractivity contribution >= 4 is 17.0 Å². The van der Waals surface area contributed by atoms with Crippen LogP contribution < -0.4 is 19.5 Å². The monoisotopic (exact) mass is 447 g/mol. The van der Waals surface area contributed by atoms with Crippen LogP contribution in [0.25, 0.3) is 22.4 Å².